The van der Waals surface area contributed by atoms with E-state index in [0.717, 1.165) is 40.8 Å². The molecule has 0 saturated heterocycles. The fourth-order valence-electron chi connectivity index (χ4n) is 5.61. The van der Waals surface area contributed by atoms with Crippen molar-refractivity contribution in [3.8, 4) is 46.0 Å². The fraction of sp³-hybridized carbons (Fsp3) is 0.308. The maximum absolute atomic E-state index is 12.7. The average molecular weight is 685 g/mol. The summed E-state index contributed by atoms with van der Waals surface area (Å²) >= 11 is 0. The third-order valence-corrected chi connectivity index (χ3v) is 8.20. The van der Waals surface area contributed by atoms with Crippen molar-refractivity contribution in [1.29, 1.82) is 0 Å². The topological polar surface area (TPSA) is 115 Å². The number of carbonyl (C=O) groups is 1. The highest BCUT2D eigenvalue weighted by molar-refractivity contribution is 6.02. The Morgan fingerprint density at radius 1 is 0.580 bits per heavy atom. The number of aryl methyl sites for hydroxylation is 1. The molecule has 1 heterocycles. The first-order valence-electron chi connectivity index (χ1n) is 16.2. The zero-order chi connectivity index (χ0) is 35.6. The van der Waals surface area contributed by atoms with Gasteiger partial charge in [-0.25, -0.2) is 0 Å². The van der Waals surface area contributed by atoms with E-state index in [2.05, 4.69) is 10.6 Å². The Morgan fingerprint density at radius 2 is 1.14 bits per heavy atom. The molecule has 0 aromatic heterocycles. The van der Waals surface area contributed by atoms with Crippen molar-refractivity contribution in [2.24, 2.45) is 0 Å². The summed E-state index contributed by atoms with van der Waals surface area (Å²) in [6, 6.07) is 18.9. The van der Waals surface area contributed by atoms with Gasteiger partial charge in [-0.2, -0.15) is 0 Å². The number of carbonyl (C=O) groups excluding carboxylic acids is 1. The van der Waals surface area contributed by atoms with Crippen LogP contribution in [0.2, 0.25) is 0 Å². The number of ether oxygens (including phenoxy) is 8. The first kappa shape index (κ1) is 35.6. The zero-order valence-electron chi connectivity index (χ0n) is 29.5. The van der Waals surface area contributed by atoms with E-state index in [1.54, 1.807) is 42.7 Å². The second-order valence-corrected chi connectivity index (χ2v) is 11.5. The number of hydrogen-bond donors (Lipinski definition) is 2. The minimum absolute atomic E-state index is 0.121. The summed E-state index contributed by atoms with van der Waals surface area (Å²) in [6.45, 7) is 2.86. The first-order valence-corrected chi connectivity index (χ1v) is 16.2. The molecular formula is C39H44N2O9. The van der Waals surface area contributed by atoms with Gasteiger partial charge in [-0.15, -0.1) is 0 Å². The molecule has 2 N–H and O–H groups in total. The lowest BCUT2D eigenvalue weighted by atomic mass is 10.0. The largest absolute Gasteiger partial charge is 0.493 e. The standard InChI is InChI=1S/C39H44N2O9/c1-24-10-14-29-28(18-24)39(42)41-38(40-29)27-13-15-30(31(23-27)43-2)49-16-8-9-17-50-37-34(46-5)21-26(22-35(37)47-6)12-11-25-19-32(44-3)36(48-7)33(20-25)45-4/h10-15,18-23,38,40H,8-9,16-17H2,1-7H3,(H,41,42). The van der Waals surface area contributed by atoms with Crippen molar-refractivity contribution >= 4 is 23.7 Å². The number of unbranched alkanes of at least 4 members (excludes halogenated alkanes) is 1. The van der Waals surface area contributed by atoms with Crippen LogP contribution in [0.15, 0.2) is 60.7 Å². The maximum atomic E-state index is 12.7. The molecule has 11 heteroatoms. The molecule has 4 aromatic carbocycles. The molecule has 1 aliphatic rings. The van der Waals surface area contributed by atoms with Crippen LogP contribution in [0.5, 0.6) is 46.0 Å². The highest BCUT2D eigenvalue weighted by Gasteiger charge is 2.25. The summed E-state index contributed by atoms with van der Waals surface area (Å²) in [5.41, 5.74) is 5.03. The van der Waals surface area contributed by atoms with Gasteiger partial charge in [0.2, 0.25) is 11.5 Å². The molecule has 4 aromatic rings. The van der Waals surface area contributed by atoms with Gasteiger partial charge >= 0.3 is 0 Å². The molecular weight excluding hydrogens is 640 g/mol. The number of hydrogen-bond acceptors (Lipinski definition) is 10. The number of anilines is 1. The van der Waals surface area contributed by atoms with Crippen LogP contribution in [0, 0.1) is 6.92 Å². The van der Waals surface area contributed by atoms with Crippen molar-refractivity contribution in [3.63, 3.8) is 0 Å². The lowest BCUT2D eigenvalue weighted by molar-refractivity contribution is 0.0935. The summed E-state index contributed by atoms with van der Waals surface area (Å²) in [6.07, 6.45) is 4.95. The van der Waals surface area contributed by atoms with Gasteiger partial charge in [0, 0.05) is 5.69 Å². The van der Waals surface area contributed by atoms with Crippen LogP contribution in [0.4, 0.5) is 5.69 Å². The summed E-state index contributed by atoms with van der Waals surface area (Å²) < 4.78 is 45.5. The van der Waals surface area contributed by atoms with Crippen molar-refractivity contribution in [2.45, 2.75) is 25.9 Å². The van der Waals surface area contributed by atoms with E-state index in [1.807, 2.05) is 79.7 Å². The summed E-state index contributed by atoms with van der Waals surface area (Å²) in [5.74, 6) is 4.38. The van der Waals surface area contributed by atoms with Gasteiger partial charge < -0.3 is 48.5 Å². The van der Waals surface area contributed by atoms with Crippen LogP contribution in [0.25, 0.3) is 12.2 Å². The Kier molecular flexibility index (Phi) is 11.8. The highest BCUT2D eigenvalue weighted by atomic mass is 16.5. The Bertz CT molecular complexity index is 1790. The van der Waals surface area contributed by atoms with Gasteiger partial charge in [-0.05, 0) is 85.0 Å². The molecule has 1 amide bonds. The summed E-state index contributed by atoms with van der Waals surface area (Å²) in [7, 11) is 9.53. The number of nitrogens with one attached hydrogen (secondary N) is 2. The second-order valence-electron chi connectivity index (χ2n) is 11.5. The van der Waals surface area contributed by atoms with Gasteiger partial charge in [-0.3, -0.25) is 4.79 Å². The van der Waals surface area contributed by atoms with Gasteiger partial charge in [0.1, 0.15) is 6.17 Å². The smallest absolute Gasteiger partial charge is 0.255 e. The van der Waals surface area contributed by atoms with Crippen molar-refractivity contribution in [3.05, 3.63) is 88.5 Å². The predicted molar refractivity (Wildman–Crippen MR) is 193 cm³/mol. The number of amides is 1. The first-order chi connectivity index (χ1) is 24.3. The lowest BCUT2D eigenvalue weighted by Gasteiger charge is -2.28. The van der Waals surface area contributed by atoms with E-state index < -0.39 is 6.17 Å². The number of methoxy groups -OCH3 is 6. The molecule has 0 aliphatic carbocycles. The van der Waals surface area contributed by atoms with Gasteiger partial charge in [0.05, 0.1) is 61.4 Å². The van der Waals surface area contributed by atoms with Crippen LogP contribution < -0.4 is 48.5 Å². The number of fused-ring (bicyclic) bond motifs is 1. The van der Waals surface area contributed by atoms with Crippen molar-refractivity contribution in [1.82, 2.24) is 5.32 Å². The van der Waals surface area contributed by atoms with Gasteiger partial charge in [-0.1, -0.05) is 29.8 Å². The predicted octanol–water partition coefficient (Wildman–Crippen LogP) is 7.31. The maximum Gasteiger partial charge on any atom is 0.255 e. The third kappa shape index (κ3) is 8.11. The van der Waals surface area contributed by atoms with Crippen LogP contribution in [-0.2, 0) is 0 Å². The number of benzene rings is 4. The van der Waals surface area contributed by atoms with E-state index >= 15 is 0 Å². The molecule has 1 aliphatic heterocycles. The highest BCUT2D eigenvalue weighted by Crippen LogP contribution is 2.41. The second kappa shape index (κ2) is 16.6. The Morgan fingerprint density at radius 3 is 1.70 bits per heavy atom. The molecule has 50 heavy (non-hydrogen) atoms. The van der Waals surface area contributed by atoms with E-state index in [0.29, 0.717) is 64.8 Å². The Hall–Kier alpha value is -5.71. The molecule has 0 radical (unpaired) electrons. The molecule has 0 bridgehead atoms. The Labute approximate surface area is 293 Å². The zero-order valence-corrected chi connectivity index (χ0v) is 29.5. The quantitative estimate of drug-likeness (QED) is 0.0920. The van der Waals surface area contributed by atoms with E-state index in [9.17, 15) is 4.79 Å². The van der Waals surface area contributed by atoms with E-state index in [4.69, 9.17) is 37.9 Å². The minimum atomic E-state index is -0.390. The van der Waals surface area contributed by atoms with Crippen molar-refractivity contribution in [2.75, 3.05) is 61.2 Å². The molecule has 0 fully saturated rings. The SMILES string of the molecule is COc1cc(C2NC(=O)c3cc(C)ccc3N2)ccc1OCCCCOc1c(OC)cc(C=Cc2cc(OC)c(OC)c(OC)c2)cc1OC. The van der Waals surface area contributed by atoms with Crippen LogP contribution in [-0.4, -0.2) is 61.8 Å². The number of rotatable bonds is 16. The monoisotopic (exact) mass is 684 g/mol. The van der Waals surface area contributed by atoms with Crippen LogP contribution in [0.3, 0.4) is 0 Å². The molecule has 0 saturated carbocycles. The normalized spacial score (nSPS) is 13.5. The summed E-state index contributed by atoms with van der Waals surface area (Å²) in [4.78, 5) is 12.7. The average Bonchev–Trinajstić information content (AvgIpc) is 3.14. The van der Waals surface area contributed by atoms with E-state index in [1.165, 1.54) is 0 Å². The molecule has 0 spiro atoms. The Balaban J connectivity index is 1.16. The molecule has 1 unspecified atom stereocenters. The summed E-state index contributed by atoms with van der Waals surface area (Å²) in [5, 5.41) is 6.41. The minimum Gasteiger partial charge on any atom is -0.493 e. The fourth-order valence-corrected chi connectivity index (χ4v) is 5.61. The van der Waals surface area contributed by atoms with Crippen LogP contribution >= 0.6 is 0 Å². The van der Waals surface area contributed by atoms with Gasteiger partial charge in [0.25, 0.3) is 5.91 Å². The molecule has 5 rings (SSSR count). The van der Waals surface area contributed by atoms with Gasteiger partial charge in [0.15, 0.2) is 34.5 Å². The molecule has 11 nitrogen and oxygen atoms in total. The molecule has 1 atom stereocenters. The van der Waals surface area contributed by atoms with Crippen LogP contribution in [0.1, 0.15) is 51.6 Å². The van der Waals surface area contributed by atoms with E-state index in [-0.39, 0.29) is 5.91 Å². The lowest BCUT2D eigenvalue weighted by Crippen LogP contribution is -2.38. The van der Waals surface area contributed by atoms with Crippen molar-refractivity contribution < 1.29 is 42.7 Å². The molecule has 264 valence electrons. The third-order valence-electron chi connectivity index (χ3n) is 8.20.